The average molecular weight is 616 g/mol. The molecule has 0 radical (unpaired) electrons. The van der Waals surface area contributed by atoms with Crippen LogP contribution in [0.3, 0.4) is 0 Å². The van der Waals surface area contributed by atoms with Crippen molar-refractivity contribution >= 4 is 10.8 Å². The van der Waals surface area contributed by atoms with Crippen molar-refractivity contribution < 1.29 is 0 Å². The van der Waals surface area contributed by atoms with Gasteiger partial charge in [0, 0.05) is 28.1 Å². The van der Waals surface area contributed by atoms with E-state index in [1.165, 1.54) is 16.3 Å². The highest BCUT2D eigenvalue weighted by atomic mass is 14.9. The fourth-order valence-corrected chi connectivity index (χ4v) is 6.50. The van der Waals surface area contributed by atoms with Gasteiger partial charge in [-0.15, -0.1) is 0 Å². The summed E-state index contributed by atoms with van der Waals surface area (Å²) in [5.74, 6) is 0.744. The summed E-state index contributed by atoms with van der Waals surface area (Å²) >= 11 is 0. The number of nitrogens with zero attached hydrogens (tertiary/aromatic N) is 3. The van der Waals surface area contributed by atoms with Crippen LogP contribution in [0.5, 0.6) is 0 Å². The van der Waals surface area contributed by atoms with Crippen LogP contribution in [-0.4, -0.2) is 15.0 Å². The third-order valence-electron chi connectivity index (χ3n) is 8.77. The Hall–Kier alpha value is -6.19. The zero-order valence-corrected chi connectivity index (χ0v) is 26.9. The molecular formula is C45H33N3. The number of pyridine rings is 1. The maximum atomic E-state index is 5.15. The number of hydrogen-bond donors (Lipinski definition) is 0. The fourth-order valence-electron chi connectivity index (χ4n) is 6.50. The van der Waals surface area contributed by atoms with E-state index in [9.17, 15) is 0 Å². The molecule has 0 unspecified atom stereocenters. The number of aromatic nitrogens is 3. The zero-order valence-electron chi connectivity index (χ0n) is 26.9. The molecule has 8 rings (SSSR count). The second kappa shape index (κ2) is 12.5. The molecule has 0 aliphatic heterocycles. The average Bonchev–Trinajstić information content (AvgIpc) is 3.14. The van der Waals surface area contributed by atoms with Gasteiger partial charge < -0.3 is 0 Å². The first-order valence-corrected chi connectivity index (χ1v) is 16.3. The summed E-state index contributed by atoms with van der Waals surface area (Å²) in [6.45, 7) is 4.04. The van der Waals surface area contributed by atoms with E-state index in [1.54, 1.807) is 0 Å². The molecule has 0 atom stereocenters. The Morgan fingerprint density at radius 1 is 0.333 bits per heavy atom. The van der Waals surface area contributed by atoms with E-state index < -0.39 is 0 Å². The molecule has 228 valence electrons. The van der Waals surface area contributed by atoms with Crippen LogP contribution in [0, 0.1) is 13.8 Å². The van der Waals surface area contributed by atoms with Crippen molar-refractivity contribution in [3.05, 3.63) is 175 Å². The molecule has 0 saturated carbocycles. The van der Waals surface area contributed by atoms with E-state index in [0.717, 1.165) is 73.1 Å². The molecule has 3 nitrogen and oxygen atoms in total. The molecule has 0 fully saturated rings. The third-order valence-corrected chi connectivity index (χ3v) is 8.77. The molecular weight excluding hydrogens is 583 g/mol. The second-order valence-corrected chi connectivity index (χ2v) is 12.2. The van der Waals surface area contributed by atoms with Crippen LogP contribution < -0.4 is 0 Å². The van der Waals surface area contributed by atoms with E-state index in [4.69, 9.17) is 15.0 Å². The topological polar surface area (TPSA) is 38.7 Å². The molecule has 0 saturated heterocycles. The van der Waals surface area contributed by atoms with Gasteiger partial charge in [-0.3, -0.25) is 0 Å². The van der Waals surface area contributed by atoms with Crippen LogP contribution in [0.2, 0.25) is 0 Å². The smallest absolute Gasteiger partial charge is 0.159 e. The van der Waals surface area contributed by atoms with Gasteiger partial charge in [-0.1, -0.05) is 121 Å². The predicted molar refractivity (Wildman–Crippen MR) is 199 cm³/mol. The van der Waals surface area contributed by atoms with Crippen LogP contribution in [0.15, 0.2) is 164 Å². The van der Waals surface area contributed by atoms with Gasteiger partial charge in [-0.05, 0) is 100 Å². The van der Waals surface area contributed by atoms with E-state index in [2.05, 4.69) is 146 Å². The largest absolute Gasteiger partial charge is 0.248 e. The highest BCUT2D eigenvalue weighted by molar-refractivity contribution is 5.98. The minimum Gasteiger partial charge on any atom is -0.248 e. The van der Waals surface area contributed by atoms with Crippen molar-refractivity contribution in [2.45, 2.75) is 13.8 Å². The lowest BCUT2D eigenvalue weighted by atomic mass is 9.90. The van der Waals surface area contributed by atoms with Crippen molar-refractivity contribution in [3.63, 3.8) is 0 Å². The molecule has 0 bridgehead atoms. The number of hydrogen-bond acceptors (Lipinski definition) is 3. The van der Waals surface area contributed by atoms with Crippen LogP contribution in [0.25, 0.3) is 78.1 Å². The van der Waals surface area contributed by atoms with Crippen LogP contribution in [0.1, 0.15) is 11.4 Å². The molecule has 0 aliphatic carbocycles. The quantitative estimate of drug-likeness (QED) is 0.187. The lowest BCUT2D eigenvalue weighted by Gasteiger charge is -2.15. The van der Waals surface area contributed by atoms with Gasteiger partial charge in [0.1, 0.15) is 0 Å². The second-order valence-electron chi connectivity index (χ2n) is 12.2. The Kier molecular flexibility index (Phi) is 7.64. The highest BCUT2D eigenvalue weighted by Crippen LogP contribution is 2.38. The summed E-state index contributed by atoms with van der Waals surface area (Å²) in [5, 5.41) is 2.45. The van der Waals surface area contributed by atoms with E-state index in [0.29, 0.717) is 0 Å². The van der Waals surface area contributed by atoms with Crippen LogP contribution in [-0.2, 0) is 0 Å². The van der Waals surface area contributed by atoms with Crippen molar-refractivity contribution in [2.24, 2.45) is 0 Å². The first-order chi connectivity index (χ1) is 23.6. The van der Waals surface area contributed by atoms with Crippen LogP contribution in [0.4, 0.5) is 0 Å². The van der Waals surface area contributed by atoms with E-state index in [1.807, 2.05) is 32.0 Å². The number of rotatable bonds is 6. The molecule has 0 spiro atoms. The minimum atomic E-state index is 0.744. The number of benzene rings is 6. The lowest BCUT2D eigenvalue weighted by Crippen LogP contribution is -1.95. The third kappa shape index (κ3) is 5.90. The Morgan fingerprint density at radius 3 is 1.50 bits per heavy atom. The van der Waals surface area contributed by atoms with E-state index >= 15 is 0 Å². The SMILES string of the molecule is Cc1cc(C)nc(-c2cccc(-c3cc(-c4cc(-c5ccccc5)nc(-c5ccccc5)c4)cc(-c4cccc5ccccc45)c3)c2)n1. The Labute approximate surface area is 281 Å². The number of aryl methyl sites for hydroxylation is 2. The van der Waals surface area contributed by atoms with Crippen molar-refractivity contribution in [1.82, 2.24) is 15.0 Å². The summed E-state index contributed by atoms with van der Waals surface area (Å²) in [6.07, 6.45) is 0. The Morgan fingerprint density at radius 2 is 0.812 bits per heavy atom. The minimum absolute atomic E-state index is 0.744. The van der Waals surface area contributed by atoms with Gasteiger partial charge in [0.25, 0.3) is 0 Å². The first-order valence-electron chi connectivity index (χ1n) is 16.3. The molecule has 8 aromatic rings. The van der Waals surface area contributed by atoms with E-state index in [-0.39, 0.29) is 0 Å². The van der Waals surface area contributed by atoms with Crippen molar-refractivity contribution in [2.75, 3.05) is 0 Å². The predicted octanol–water partition coefficient (Wildman–Crippen LogP) is 11.6. The number of fused-ring (bicyclic) bond motifs is 1. The molecule has 0 amide bonds. The van der Waals surface area contributed by atoms with Crippen molar-refractivity contribution in [3.8, 4) is 67.3 Å². The van der Waals surface area contributed by atoms with Gasteiger partial charge >= 0.3 is 0 Å². The standard InChI is InChI=1S/C45H33N3/c1-30-23-31(2)47-45(46-30)36-20-11-19-35(24-36)37-25-38(27-40(26-37)42-22-12-18-32-13-9-10-21-41(32)42)39-28-43(33-14-5-3-6-15-33)48-44(29-39)34-16-7-4-8-17-34/h3-29H,1-2H3. The molecule has 0 aliphatic rings. The monoisotopic (exact) mass is 615 g/mol. The maximum Gasteiger partial charge on any atom is 0.159 e. The summed E-state index contributed by atoms with van der Waals surface area (Å²) in [5.41, 5.74) is 13.8. The lowest BCUT2D eigenvalue weighted by molar-refractivity contribution is 1.06. The van der Waals surface area contributed by atoms with Gasteiger partial charge in [0.2, 0.25) is 0 Å². The van der Waals surface area contributed by atoms with Crippen LogP contribution >= 0.6 is 0 Å². The first kappa shape index (κ1) is 29.2. The normalized spacial score (nSPS) is 11.1. The molecule has 2 aromatic heterocycles. The fraction of sp³-hybridized carbons (Fsp3) is 0.0444. The summed E-state index contributed by atoms with van der Waals surface area (Å²) in [6, 6.07) is 58.0. The highest BCUT2D eigenvalue weighted by Gasteiger charge is 2.14. The Balaban J connectivity index is 1.36. The Bertz CT molecular complexity index is 2330. The maximum absolute atomic E-state index is 5.15. The molecule has 3 heteroatoms. The molecule has 6 aromatic carbocycles. The summed E-state index contributed by atoms with van der Waals surface area (Å²) in [7, 11) is 0. The summed E-state index contributed by atoms with van der Waals surface area (Å²) < 4.78 is 0. The molecule has 2 heterocycles. The van der Waals surface area contributed by atoms with Crippen molar-refractivity contribution in [1.29, 1.82) is 0 Å². The van der Waals surface area contributed by atoms with Gasteiger partial charge in [0.05, 0.1) is 11.4 Å². The molecule has 48 heavy (non-hydrogen) atoms. The van der Waals surface area contributed by atoms with Gasteiger partial charge in [-0.2, -0.15) is 0 Å². The van der Waals surface area contributed by atoms with Gasteiger partial charge in [-0.25, -0.2) is 15.0 Å². The molecule has 0 N–H and O–H groups in total. The van der Waals surface area contributed by atoms with Gasteiger partial charge in [0.15, 0.2) is 5.82 Å². The summed E-state index contributed by atoms with van der Waals surface area (Å²) in [4.78, 5) is 14.7. The zero-order chi connectivity index (χ0) is 32.5.